The SMILES string of the molecule is O=S(=O)(NC1CCc2cc(F)ccc21)c1ccc2c(c1)CCC2. The summed E-state index contributed by atoms with van der Waals surface area (Å²) in [6.45, 7) is 0. The topological polar surface area (TPSA) is 46.2 Å². The molecule has 23 heavy (non-hydrogen) atoms. The summed E-state index contributed by atoms with van der Waals surface area (Å²) in [6, 6.07) is 9.71. The molecule has 0 spiro atoms. The van der Waals surface area contributed by atoms with Crippen LogP contribution in [0, 0.1) is 5.82 Å². The normalized spacial score (nSPS) is 19.6. The van der Waals surface area contributed by atoms with E-state index in [0.717, 1.165) is 36.0 Å². The van der Waals surface area contributed by atoms with Gasteiger partial charge in [-0.05, 0) is 78.6 Å². The van der Waals surface area contributed by atoms with Gasteiger partial charge in [-0.15, -0.1) is 0 Å². The number of nitrogens with one attached hydrogen (secondary N) is 1. The molecule has 0 amide bonds. The van der Waals surface area contributed by atoms with Crippen molar-refractivity contribution in [3.05, 3.63) is 64.5 Å². The molecule has 0 aromatic heterocycles. The summed E-state index contributed by atoms with van der Waals surface area (Å²) >= 11 is 0. The highest BCUT2D eigenvalue weighted by Crippen LogP contribution is 2.33. The molecule has 0 saturated heterocycles. The van der Waals surface area contributed by atoms with Gasteiger partial charge in [0.25, 0.3) is 0 Å². The quantitative estimate of drug-likeness (QED) is 0.938. The Morgan fingerprint density at radius 1 is 0.957 bits per heavy atom. The summed E-state index contributed by atoms with van der Waals surface area (Å²) in [5.74, 6) is -0.272. The van der Waals surface area contributed by atoms with Crippen molar-refractivity contribution in [3.8, 4) is 0 Å². The first-order chi connectivity index (χ1) is 11.0. The maximum absolute atomic E-state index is 13.3. The lowest BCUT2D eigenvalue weighted by Crippen LogP contribution is -2.27. The molecule has 3 nitrogen and oxygen atoms in total. The maximum Gasteiger partial charge on any atom is 0.241 e. The minimum atomic E-state index is -3.56. The van der Waals surface area contributed by atoms with Crippen molar-refractivity contribution in [2.24, 2.45) is 0 Å². The summed E-state index contributed by atoms with van der Waals surface area (Å²) < 4.78 is 41.4. The molecule has 2 aliphatic rings. The Kier molecular flexibility index (Phi) is 3.50. The minimum absolute atomic E-state index is 0.272. The van der Waals surface area contributed by atoms with E-state index < -0.39 is 10.0 Å². The summed E-state index contributed by atoms with van der Waals surface area (Å²) in [7, 11) is -3.56. The van der Waals surface area contributed by atoms with Crippen molar-refractivity contribution in [3.63, 3.8) is 0 Å². The van der Waals surface area contributed by atoms with Gasteiger partial charge in [0.1, 0.15) is 5.82 Å². The summed E-state index contributed by atoms with van der Waals surface area (Å²) in [5.41, 5.74) is 4.18. The first kappa shape index (κ1) is 14.8. The van der Waals surface area contributed by atoms with Crippen LogP contribution in [0.25, 0.3) is 0 Å². The number of halogens is 1. The molecule has 5 heteroatoms. The molecule has 0 aliphatic heterocycles. The van der Waals surface area contributed by atoms with E-state index in [0.29, 0.717) is 17.7 Å². The molecular formula is C18H18FNO2S. The molecule has 1 unspecified atom stereocenters. The van der Waals surface area contributed by atoms with Crippen LogP contribution in [-0.2, 0) is 29.3 Å². The Labute approximate surface area is 135 Å². The molecule has 120 valence electrons. The third-order valence-corrected chi connectivity index (χ3v) is 6.33. The van der Waals surface area contributed by atoms with Crippen molar-refractivity contribution < 1.29 is 12.8 Å². The summed E-state index contributed by atoms with van der Waals surface area (Å²) in [5, 5.41) is 0. The molecule has 0 radical (unpaired) electrons. The van der Waals surface area contributed by atoms with Gasteiger partial charge in [-0.1, -0.05) is 12.1 Å². The van der Waals surface area contributed by atoms with Crippen molar-refractivity contribution in [1.29, 1.82) is 0 Å². The summed E-state index contributed by atoms with van der Waals surface area (Å²) in [4.78, 5) is 0.328. The van der Waals surface area contributed by atoms with Crippen molar-refractivity contribution >= 4 is 10.0 Å². The first-order valence-corrected chi connectivity index (χ1v) is 9.44. The van der Waals surface area contributed by atoms with Gasteiger partial charge in [-0.2, -0.15) is 0 Å². The lowest BCUT2D eigenvalue weighted by atomic mass is 10.1. The Bertz CT molecular complexity index is 877. The molecule has 0 fully saturated rings. The largest absolute Gasteiger partial charge is 0.241 e. The van der Waals surface area contributed by atoms with E-state index in [9.17, 15) is 12.8 Å². The van der Waals surface area contributed by atoms with Gasteiger partial charge >= 0.3 is 0 Å². The number of hydrogen-bond acceptors (Lipinski definition) is 2. The van der Waals surface area contributed by atoms with E-state index in [2.05, 4.69) is 4.72 Å². The fourth-order valence-electron chi connectivity index (χ4n) is 3.68. The fraction of sp³-hybridized carbons (Fsp3) is 0.333. The predicted octanol–water partition coefficient (Wildman–Crippen LogP) is 3.28. The monoisotopic (exact) mass is 331 g/mol. The van der Waals surface area contributed by atoms with Gasteiger partial charge in [0.05, 0.1) is 4.90 Å². The van der Waals surface area contributed by atoms with Crippen LogP contribution in [0.5, 0.6) is 0 Å². The zero-order chi connectivity index (χ0) is 16.0. The highest BCUT2D eigenvalue weighted by Gasteiger charge is 2.28. The molecule has 1 atom stereocenters. The molecule has 4 rings (SSSR count). The van der Waals surface area contributed by atoms with Crippen LogP contribution in [0.15, 0.2) is 41.3 Å². The van der Waals surface area contributed by atoms with Gasteiger partial charge in [-0.25, -0.2) is 17.5 Å². The zero-order valence-corrected chi connectivity index (χ0v) is 13.5. The smallest absolute Gasteiger partial charge is 0.207 e. The molecule has 2 aromatic rings. The van der Waals surface area contributed by atoms with Crippen molar-refractivity contribution in [2.75, 3.05) is 0 Å². The third-order valence-electron chi connectivity index (χ3n) is 4.86. The molecule has 2 aliphatic carbocycles. The number of hydrogen-bond donors (Lipinski definition) is 1. The predicted molar refractivity (Wildman–Crippen MR) is 86.3 cm³/mol. The van der Waals surface area contributed by atoms with Crippen molar-refractivity contribution in [2.45, 2.75) is 43.0 Å². The molecule has 0 bridgehead atoms. The number of sulfonamides is 1. The number of aryl methyl sites for hydroxylation is 3. The second-order valence-corrected chi connectivity index (χ2v) is 8.05. The van der Waals surface area contributed by atoms with Crippen LogP contribution < -0.4 is 4.72 Å². The van der Waals surface area contributed by atoms with Crippen LogP contribution >= 0.6 is 0 Å². The van der Waals surface area contributed by atoms with Gasteiger partial charge in [0.2, 0.25) is 10.0 Å². The first-order valence-electron chi connectivity index (χ1n) is 7.95. The van der Waals surface area contributed by atoms with Gasteiger partial charge in [0.15, 0.2) is 0 Å². The fourth-order valence-corrected chi connectivity index (χ4v) is 4.98. The highest BCUT2D eigenvalue weighted by atomic mass is 32.2. The van der Waals surface area contributed by atoms with E-state index >= 15 is 0 Å². The second kappa shape index (κ2) is 5.42. The van der Waals surface area contributed by atoms with Crippen LogP contribution in [0.1, 0.15) is 41.1 Å². The van der Waals surface area contributed by atoms with Crippen LogP contribution in [0.2, 0.25) is 0 Å². The van der Waals surface area contributed by atoms with Gasteiger partial charge in [0, 0.05) is 6.04 Å². The minimum Gasteiger partial charge on any atom is -0.207 e. The molecule has 0 heterocycles. The Morgan fingerprint density at radius 3 is 2.65 bits per heavy atom. The second-order valence-electron chi connectivity index (χ2n) is 6.34. The van der Waals surface area contributed by atoms with E-state index in [-0.39, 0.29) is 11.9 Å². The molecule has 1 N–H and O–H groups in total. The lowest BCUT2D eigenvalue weighted by molar-refractivity contribution is 0.554. The van der Waals surface area contributed by atoms with E-state index in [4.69, 9.17) is 0 Å². The number of rotatable bonds is 3. The van der Waals surface area contributed by atoms with E-state index in [1.54, 1.807) is 18.2 Å². The van der Waals surface area contributed by atoms with Crippen LogP contribution in [0.3, 0.4) is 0 Å². The third kappa shape index (κ3) is 2.68. The Balaban J connectivity index is 1.62. The Morgan fingerprint density at radius 2 is 1.78 bits per heavy atom. The maximum atomic E-state index is 13.3. The van der Waals surface area contributed by atoms with Crippen molar-refractivity contribution in [1.82, 2.24) is 4.72 Å². The molecular weight excluding hydrogens is 313 g/mol. The molecule has 0 saturated carbocycles. The van der Waals surface area contributed by atoms with E-state index in [1.807, 2.05) is 6.07 Å². The standard InChI is InChI=1S/C18H18FNO2S/c19-15-6-8-17-14(10-15)5-9-18(17)20-23(21,22)16-7-4-12-2-1-3-13(12)11-16/h4,6-8,10-11,18,20H,1-3,5,9H2. The van der Waals surface area contributed by atoms with Crippen LogP contribution in [0.4, 0.5) is 4.39 Å². The van der Waals surface area contributed by atoms with Gasteiger partial charge < -0.3 is 0 Å². The number of fused-ring (bicyclic) bond motifs is 2. The van der Waals surface area contributed by atoms with Crippen LogP contribution in [-0.4, -0.2) is 8.42 Å². The average Bonchev–Trinajstić information content (AvgIpc) is 3.13. The summed E-state index contributed by atoms with van der Waals surface area (Å²) in [6.07, 6.45) is 4.44. The lowest BCUT2D eigenvalue weighted by Gasteiger charge is -2.15. The Hall–Kier alpha value is -1.72. The zero-order valence-electron chi connectivity index (χ0n) is 12.7. The number of benzene rings is 2. The highest BCUT2D eigenvalue weighted by molar-refractivity contribution is 7.89. The van der Waals surface area contributed by atoms with E-state index in [1.165, 1.54) is 17.7 Å². The average molecular weight is 331 g/mol. The molecule has 2 aromatic carbocycles. The van der Waals surface area contributed by atoms with Gasteiger partial charge in [-0.3, -0.25) is 0 Å².